The Kier molecular flexibility index (Phi) is 4.63. The summed E-state index contributed by atoms with van der Waals surface area (Å²) in [6, 6.07) is 9.03. The van der Waals surface area contributed by atoms with Gasteiger partial charge < -0.3 is 10.1 Å². The van der Waals surface area contributed by atoms with Gasteiger partial charge in [0.1, 0.15) is 11.6 Å². The van der Waals surface area contributed by atoms with Gasteiger partial charge in [0.15, 0.2) is 0 Å². The van der Waals surface area contributed by atoms with E-state index in [9.17, 15) is 4.39 Å². The number of benzene rings is 2. The highest BCUT2D eigenvalue weighted by Crippen LogP contribution is 2.35. The summed E-state index contributed by atoms with van der Waals surface area (Å²) in [6.07, 6.45) is 0. The number of hydrogen-bond acceptors (Lipinski definition) is 2. The van der Waals surface area contributed by atoms with E-state index in [0.717, 1.165) is 28.0 Å². The Morgan fingerprint density at radius 3 is 2.38 bits per heavy atom. The first-order valence-electron chi connectivity index (χ1n) is 7.06. The van der Waals surface area contributed by atoms with Crippen LogP contribution in [0.1, 0.15) is 33.9 Å². The summed E-state index contributed by atoms with van der Waals surface area (Å²) in [5.41, 5.74) is 4.88. The first kappa shape index (κ1) is 15.5. The molecular weight excluding hydrogens is 265 g/mol. The van der Waals surface area contributed by atoms with Gasteiger partial charge in [-0.05, 0) is 51.1 Å². The average molecular weight is 287 g/mol. The van der Waals surface area contributed by atoms with Gasteiger partial charge in [-0.25, -0.2) is 4.39 Å². The smallest absolute Gasteiger partial charge is 0.128 e. The molecule has 0 aliphatic carbocycles. The molecule has 0 aromatic heterocycles. The second kappa shape index (κ2) is 6.27. The lowest BCUT2D eigenvalue weighted by atomic mass is 9.92. The van der Waals surface area contributed by atoms with Crippen LogP contribution in [0.25, 0.3) is 0 Å². The van der Waals surface area contributed by atoms with Gasteiger partial charge in [-0.2, -0.15) is 0 Å². The summed E-state index contributed by atoms with van der Waals surface area (Å²) in [7, 11) is 3.49. The Balaban J connectivity index is 2.64. The summed E-state index contributed by atoms with van der Waals surface area (Å²) in [4.78, 5) is 0. The van der Waals surface area contributed by atoms with Crippen LogP contribution in [-0.4, -0.2) is 14.2 Å². The number of nitrogens with one attached hydrogen (secondary N) is 1. The maximum Gasteiger partial charge on any atom is 0.128 e. The molecule has 1 N–H and O–H groups in total. The van der Waals surface area contributed by atoms with Gasteiger partial charge >= 0.3 is 0 Å². The van der Waals surface area contributed by atoms with E-state index in [4.69, 9.17) is 4.74 Å². The van der Waals surface area contributed by atoms with E-state index in [1.807, 2.05) is 40.0 Å². The van der Waals surface area contributed by atoms with Gasteiger partial charge in [0.2, 0.25) is 0 Å². The van der Waals surface area contributed by atoms with E-state index in [0.29, 0.717) is 5.56 Å². The van der Waals surface area contributed by atoms with Crippen molar-refractivity contribution >= 4 is 0 Å². The van der Waals surface area contributed by atoms with E-state index >= 15 is 0 Å². The lowest BCUT2D eigenvalue weighted by molar-refractivity contribution is 0.403. The van der Waals surface area contributed by atoms with Crippen molar-refractivity contribution in [1.82, 2.24) is 5.32 Å². The summed E-state index contributed by atoms with van der Waals surface area (Å²) >= 11 is 0. The third kappa shape index (κ3) is 3.08. The fraction of sp³-hybridized carbons (Fsp3) is 0.333. The third-order valence-electron chi connectivity index (χ3n) is 3.75. The van der Waals surface area contributed by atoms with Gasteiger partial charge in [-0.3, -0.25) is 0 Å². The number of ether oxygens (including phenoxy) is 1. The molecule has 0 fully saturated rings. The maximum atomic E-state index is 14.3. The summed E-state index contributed by atoms with van der Waals surface area (Å²) in [6.45, 7) is 6.03. The zero-order chi connectivity index (χ0) is 15.6. The third-order valence-corrected chi connectivity index (χ3v) is 3.75. The van der Waals surface area contributed by atoms with Crippen LogP contribution in [0.3, 0.4) is 0 Å². The molecule has 0 saturated heterocycles. The molecule has 21 heavy (non-hydrogen) atoms. The monoisotopic (exact) mass is 287 g/mol. The van der Waals surface area contributed by atoms with Crippen molar-refractivity contribution in [2.24, 2.45) is 0 Å². The molecule has 3 heteroatoms. The molecule has 0 saturated carbocycles. The zero-order valence-electron chi connectivity index (χ0n) is 13.3. The first-order valence-corrected chi connectivity index (χ1v) is 7.06. The van der Waals surface area contributed by atoms with E-state index < -0.39 is 0 Å². The molecule has 112 valence electrons. The highest BCUT2D eigenvalue weighted by atomic mass is 19.1. The van der Waals surface area contributed by atoms with Gasteiger partial charge in [0.25, 0.3) is 0 Å². The number of methoxy groups -OCH3 is 1. The zero-order valence-corrected chi connectivity index (χ0v) is 13.3. The van der Waals surface area contributed by atoms with Crippen LogP contribution in [-0.2, 0) is 0 Å². The summed E-state index contributed by atoms with van der Waals surface area (Å²) < 4.78 is 19.8. The molecule has 1 unspecified atom stereocenters. The predicted molar refractivity (Wildman–Crippen MR) is 84.5 cm³/mol. The van der Waals surface area contributed by atoms with Crippen molar-refractivity contribution in [3.63, 3.8) is 0 Å². The summed E-state index contributed by atoms with van der Waals surface area (Å²) in [5.74, 6) is 0.578. The molecule has 1 atom stereocenters. The molecule has 2 rings (SSSR count). The van der Waals surface area contributed by atoms with E-state index in [1.165, 1.54) is 6.07 Å². The Hall–Kier alpha value is -1.87. The minimum atomic E-state index is -0.236. The molecule has 0 aliphatic rings. The molecule has 0 heterocycles. The number of rotatable bonds is 4. The molecule has 2 aromatic rings. The lowest BCUT2D eigenvalue weighted by Crippen LogP contribution is -2.21. The topological polar surface area (TPSA) is 21.3 Å². The molecule has 0 spiro atoms. The quantitative estimate of drug-likeness (QED) is 0.915. The second-order valence-corrected chi connectivity index (χ2v) is 5.44. The number of aryl methyl sites for hydroxylation is 3. The summed E-state index contributed by atoms with van der Waals surface area (Å²) in [5, 5.41) is 3.22. The molecular formula is C18H22FNO. The molecule has 0 radical (unpaired) electrons. The fourth-order valence-electron chi connectivity index (χ4n) is 2.82. The van der Waals surface area contributed by atoms with Crippen LogP contribution in [0.5, 0.6) is 5.75 Å². The van der Waals surface area contributed by atoms with Crippen molar-refractivity contribution in [1.29, 1.82) is 0 Å². The van der Waals surface area contributed by atoms with Crippen molar-refractivity contribution in [2.75, 3.05) is 14.2 Å². The Morgan fingerprint density at radius 2 is 1.76 bits per heavy atom. The number of halogens is 1. The highest BCUT2D eigenvalue weighted by Gasteiger charge is 2.22. The van der Waals surface area contributed by atoms with E-state index in [-0.39, 0.29) is 11.9 Å². The minimum absolute atomic E-state index is 0.207. The first-order chi connectivity index (χ1) is 9.97. The Bertz CT molecular complexity index is 652. The van der Waals surface area contributed by atoms with Crippen molar-refractivity contribution < 1.29 is 9.13 Å². The Morgan fingerprint density at radius 1 is 1.05 bits per heavy atom. The molecule has 2 aromatic carbocycles. The van der Waals surface area contributed by atoms with Crippen LogP contribution >= 0.6 is 0 Å². The molecule has 0 amide bonds. The van der Waals surface area contributed by atoms with Crippen molar-refractivity contribution in [3.8, 4) is 5.75 Å². The van der Waals surface area contributed by atoms with Gasteiger partial charge in [-0.15, -0.1) is 0 Å². The minimum Gasteiger partial charge on any atom is -0.496 e. The largest absolute Gasteiger partial charge is 0.496 e. The van der Waals surface area contributed by atoms with Gasteiger partial charge in [-0.1, -0.05) is 23.8 Å². The van der Waals surface area contributed by atoms with E-state index in [1.54, 1.807) is 13.2 Å². The fourth-order valence-corrected chi connectivity index (χ4v) is 2.82. The van der Waals surface area contributed by atoms with Crippen LogP contribution in [0.15, 0.2) is 30.3 Å². The van der Waals surface area contributed by atoms with Crippen LogP contribution in [0.2, 0.25) is 0 Å². The standard InChI is InChI=1S/C18H22FNO/c1-11-6-7-15(19)14(9-11)18(20-4)17-13(3)8-12(2)10-16(17)21-5/h6-10,18,20H,1-5H3. The van der Waals surface area contributed by atoms with E-state index in [2.05, 4.69) is 11.4 Å². The van der Waals surface area contributed by atoms with Crippen molar-refractivity contribution in [3.05, 3.63) is 64.0 Å². The lowest BCUT2D eigenvalue weighted by Gasteiger charge is -2.23. The van der Waals surface area contributed by atoms with Crippen LogP contribution in [0.4, 0.5) is 4.39 Å². The predicted octanol–water partition coefficient (Wildman–Crippen LogP) is 4.07. The van der Waals surface area contributed by atoms with Gasteiger partial charge in [0, 0.05) is 11.1 Å². The molecule has 0 aliphatic heterocycles. The molecule has 0 bridgehead atoms. The van der Waals surface area contributed by atoms with Crippen LogP contribution in [0, 0.1) is 26.6 Å². The van der Waals surface area contributed by atoms with Gasteiger partial charge in [0.05, 0.1) is 13.2 Å². The SMILES string of the molecule is CNC(c1cc(C)ccc1F)c1c(C)cc(C)cc1OC. The normalized spacial score (nSPS) is 12.3. The molecule has 2 nitrogen and oxygen atoms in total. The maximum absolute atomic E-state index is 14.3. The highest BCUT2D eigenvalue weighted by molar-refractivity contribution is 5.49. The second-order valence-electron chi connectivity index (χ2n) is 5.44. The van der Waals surface area contributed by atoms with Crippen LogP contribution < -0.4 is 10.1 Å². The van der Waals surface area contributed by atoms with Crippen molar-refractivity contribution in [2.45, 2.75) is 26.8 Å². The average Bonchev–Trinajstić information content (AvgIpc) is 2.44. The Labute approximate surface area is 126 Å². The number of hydrogen-bond donors (Lipinski definition) is 1.